The van der Waals surface area contributed by atoms with Gasteiger partial charge in [0.1, 0.15) is 11.4 Å². The van der Waals surface area contributed by atoms with E-state index in [1.54, 1.807) is 17.9 Å². The number of furan rings is 1. The molecule has 160 valence electrons. The summed E-state index contributed by atoms with van der Waals surface area (Å²) in [5.74, 6) is -0.209. The number of aryl methyl sites for hydroxylation is 1. The van der Waals surface area contributed by atoms with E-state index in [1.165, 1.54) is 18.8 Å². The number of halogens is 1. The summed E-state index contributed by atoms with van der Waals surface area (Å²) < 4.78 is 22.2. The Labute approximate surface area is 181 Å². The number of carbonyl (C=O) groups is 2. The number of amides is 2. The smallest absolute Gasteiger partial charge is 0.288 e. The van der Waals surface area contributed by atoms with E-state index in [2.05, 4.69) is 9.35 Å². The lowest BCUT2D eigenvalue weighted by atomic mass is 10.1. The van der Waals surface area contributed by atoms with Crippen molar-refractivity contribution in [3.63, 3.8) is 0 Å². The lowest BCUT2D eigenvalue weighted by Crippen LogP contribution is -2.42. The largest absolute Gasteiger partial charge is 0.471 e. The van der Waals surface area contributed by atoms with E-state index in [0.29, 0.717) is 53.7 Å². The van der Waals surface area contributed by atoms with Crippen molar-refractivity contribution >= 4 is 33.1 Å². The van der Waals surface area contributed by atoms with Crippen LogP contribution in [0.4, 0.5) is 0 Å². The monoisotopic (exact) mass is 449 g/mol. The van der Waals surface area contributed by atoms with Crippen molar-refractivity contribution in [2.45, 2.75) is 43.8 Å². The Hall–Kier alpha value is -2.19. The van der Waals surface area contributed by atoms with Crippen LogP contribution >= 0.6 is 11.6 Å². The highest BCUT2D eigenvalue weighted by molar-refractivity contribution is 7.93. The summed E-state index contributed by atoms with van der Waals surface area (Å²) in [6.07, 6.45) is 7.52. The standard InChI is InChI=1S/C21H24ClN3O4S/c1-13-11-29-12-17(13)20(26)24-30(2,28)16-5-7-25(8-6-16)21(27)15-9-18(14-3-4-14)23-19(22)10-15/h9-12,14,16H,3-8H2,1-2H3. The van der Waals surface area contributed by atoms with E-state index in [9.17, 15) is 13.8 Å². The average Bonchev–Trinajstić information content (AvgIpc) is 3.47. The third-order valence-electron chi connectivity index (χ3n) is 5.75. The normalized spacial score (nSPS) is 19.4. The molecule has 30 heavy (non-hydrogen) atoms. The Kier molecular flexibility index (Phi) is 5.72. The zero-order valence-corrected chi connectivity index (χ0v) is 18.5. The van der Waals surface area contributed by atoms with Gasteiger partial charge in [0.25, 0.3) is 11.8 Å². The maximum Gasteiger partial charge on any atom is 0.288 e. The first-order chi connectivity index (χ1) is 14.2. The second-order valence-corrected chi connectivity index (χ2v) is 11.1. The summed E-state index contributed by atoms with van der Waals surface area (Å²) >= 11 is 6.12. The van der Waals surface area contributed by atoms with Crippen LogP contribution in [0.25, 0.3) is 0 Å². The quantitative estimate of drug-likeness (QED) is 0.656. The van der Waals surface area contributed by atoms with Crippen LogP contribution in [0, 0.1) is 6.92 Å². The van der Waals surface area contributed by atoms with Gasteiger partial charge in [-0.1, -0.05) is 11.6 Å². The van der Waals surface area contributed by atoms with Gasteiger partial charge in [0.15, 0.2) is 0 Å². The molecule has 2 aromatic rings. The maximum absolute atomic E-state index is 13.1. The number of hydrogen-bond donors (Lipinski definition) is 0. The topological polar surface area (TPSA) is 92.8 Å². The molecular weight excluding hydrogens is 426 g/mol. The Morgan fingerprint density at radius 2 is 1.90 bits per heavy atom. The molecule has 0 radical (unpaired) electrons. The van der Waals surface area contributed by atoms with Crippen LogP contribution in [0.5, 0.6) is 0 Å². The van der Waals surface area contributed by atoms with Gasteiger partial charge in [-0.25, -0.2) is 9.19 Å². The molecule has 1 aliphatic heterocycles. The van der Waals surface area contributed by atoms with Gasteiger partial charge in [0.2, 0.25) is 0 Å². The third-order valence-corrected chi connectivity index (χ3v) is 8.18. The number of nitrogens with zero attached hydrogens (tertiary/aromatic N) is 3. The molecule has 0 bridgehead atoms. The van der Waals surface area contributed by atoms with E-state index < -0.39 is 15.6 Å². The molecular formula is C21H24ClN3O4S. The van der Waals surface area contributed by atoms with Crippen LogP contribution in [-0.4, -0.2) is 50.5 Å². The highest BCUT2D eigenvalue weighted by atomic mass is 35.5. The fourth-order valence-electron chi connectivity index (χ4n) is 3.78. The third kappa shape index (κ3) is 4.44. The van der Waals surface area contributed by atoms with Crippen molar-refractivity contribution in [3.05, 3.63) is 52.2 Å². The predicted molar refractivity (Wildman–Crippen MR) is 114 cm³/mol. The van der Waals surface area contributed by atoms with Crippen LogP contribution in [-0.2, 0) is 9.73 Å². The Balaban J connectivity index is 1.44. The van der Waals surface area contributed by atoms with E-state index in [4.69, 9.17) is 16.0 Å². The molecule has 1 unspecified atom stereocenters. The summed E-state index contributed by atoms with van der Waals surface area (Å²) in [5.41, 5.74) is 2.42. The van der Waals surface area contributed by atoms with Crippen LogP contribution in [0.15, 0.2) is 33.4 Å². The summed E-state index contributed by atoms with van der Waals surface area (Å²) in [7, 11) is -2.74. The number of pyridine rings is 1. The zero-order valence-electron chi connectivity index (χ0n) is 17.0. The lowest BCUT2D eigenvalue weighted by molar-refractivity contribution is 0.0725. The Bertz CT molecular complexity index is 1110. The lowest BCUT2D eigenvalue weighted by Gasteiger charge is -2.32. The molecule has 2 aromatic heterocycles. The molecule has 4 rings (SSSR count). The van der Waals surface area contributed by atoms with Gasteiger partial charge in [0, 0.05) is 47.3 Å². The van der Waals surface area contributed by atoms with E-state index >= 15 is 0 Å². The van der Waals surface area contributed by atoms with Crippen molar-refractivity contribution in [1.29, 1.82) is 0 Å². The minimum atomic E-state index is -2.74. The fraction of sp³-hybridized carbons (Fsp3) is 0.476. The van der Waals surface area contributed by atoms with Gasteiger partial charge >= 0.3 is 0 Å². The van der Waals surface area contributed by atoms with E-state index in [0.717, 1.165) is 18.5 Å². The highest BCUT2D eigenvalue weighted by Crippen LogP contribution is 2.39. The number of hydrogen-bond acceptors (Lipinski definition) is 5. The highest BCUT2D eigenvalue weighted by Gasteiger charge is 2.31. The average molecular weight is 450 g/mol. The first-order valence-corrected chi connectivity index (χ1v) is 12.4. The number of carbonyl (C=O) groups excluding carboxylic acids is 2. The second-order valence-electron chi connectivity index (χ2n) is 8.10. The van der Waals surface area contributed by atoms with Crippen LogP contribution in [0.1, 0.15) is 63.6 Å². The van der Waals surface area contributed by atoms with Crippen molar-refractivity contribution in [2.24, 2.45) is 4.36 Å². The molecule has 1 aliphatic carbocycles. The molecule has 2 aliphatic rings. The fourth-order valence-corrected chi connectivity index (χ4v) is 5.65. The van der Waals surface area contributed by atoms with Crippen molar-refractivity contribution in [1.82, 2.24) is 9.88 Å². The van der Waals surface area contributed by atoms with Crippen LogP contribution in [0.2, 0.25) is 5.15 Å². The molecule has 0 N–H and O–H groups in total. The molecule has 2 fully saturated rings. The van der Waals surface area contributed by atoms with Crippen molar-refractivity contribution in [3.8, 4) is 0 Å². The molecule has 0 spiro atoms. The van der Waals surface area contributed by atoms with E-state index in [1.807, 2.05) is 6.07 Å². The maximum atomic E-state index is 13.1. The summed E-state index contributed by atoms with van der Waals surface area (Å²) in [4.78, 5) is 31.4. The second kappa shape index (κ2) is 8.15. The molecule has 2 amide bonds. The summed E-state index contributed by atoms with van der Waals surface area (Å²) in [5, 5.41) is 0.0850. The molecule has 0 aromatic carbocycles. The van der Waals surface area contributed by atoms with E-state index in [-0.39, 0.29) is 11.2 Å². The summed E-state index contributed by atoms with van der Waals surface area (Å²) in [6, 6.07) is 3.44. The van der Waals surface area contributed by atoms with Gasteiger partial charge in [-0.2, -0.15) is 4.36 Å². The number of rotatable bonds is 4. The first kappa shape index (κ1) is 21.1. The predicted octanol–water partition coefficient (Wildman–Crippen LogP) is 4.06. The Morgan fingerprint density at radius 3 is 2.50 bits per heavy atom. The minimum Gasteiger partial charge on any atom is -0.471 e. The Morgan fingerprint density at radius 1 is 1.20 bits per heavy atom. The van der Waals surface area contributed by atoms with Crippen molar-refractivity contribution < 1.29 is 18.2 Å². The van der Waals surface area contributed by atoms with Gasteiger partial charge in [-0.05, 0) is 44.7 Å². The summed E-state index contributed by atoms with van der Waals surface area (Å²) in [6.45, 7) is 2.66. The molecule has 9 heteroatoms. The van der Waals surface area contributed by atoms with Gasteiger partial charge in [-0.15, -0.1) is 0 Å². The minimum absolute atomic E-state index is 0.0933. The molecule has 1 saturated heterocycles. The van der Waals surface area contributed by atoms with Gasteiger partial charge in [-0.3, -0.25) is 9.59 Å². The van der Waals surface area contributed by atoms with Crippen molar-refractivity contribution in [2.75, 3.05) is 19.3 Å². The van der Waals surface area contributed by atoms with Gasteiger partial charge in [0.05, 0.1) is 21.6 Å². The molecule has 1 saturated carbocycles. The van der Waals surface area contributed by atoms with Crippen LogP contribution in [0.3, 0.4) is 0 Å². The molecule has 1 atom stereocenters. The molecule has 3 heterocycles. The number of likely N-dealkylation sites (tertiary alicyclic amines) is 1. The number of aromatic nitrogens is 1. The first-order valence-electron chi connectivity index (χ1n) is 9.99. The SMILES string of the molecule is Cc1cocc1C(=O)N=S(C)(=O)C1CCN(C(=O)c2cc(Cl)nc(C3CC3)c2)CC1. The number of piperidine rings is 1. The molecule has 7 nitrogen and oxygen atoms in total. The zero-order chi connectivity index (χ0) is 21.5. The van der Waals surface area contributed by atoms with Gasteiger partial charge < -0.3 is 9.32 Å². The van der Waals surface area contributed by atoms with Crippen LogP contribution < -0.4 is 0 Å².